The van der Waals surface area contributed by atoms with Crippen LogP contribution in [0.4, 0.5) is 0 Å². The van der Waals surface area contributed by atoms with Crippen LogP contribution in [0.25, 0.3) is 11.5 Å². The zero-order chi connectivity index (χ0) is 13.2. The average molecular weight is 281 g/mol. The number of halogens is 1. The number of hydrogen-bond acceptors (Lipinski definition) is 6. The molecule has 3 rings (SSSR count). The lowest BCUT2D eigenvalue weighted by atomic mass is 10.2. The van der Waals surface area contributed by atoms with Gasteiger partial charge in [-0.2, -0.15) is 4.98 Å². The number of nitrogens with zero attached hydrogens (tertiary/aromatic N) is 3. The van der Waals surface area contributed by atoms with E-state index >= 15 is 0 Å². The van der Waals surface area contributed by atoms with Gasteiger partial charge in [0.25, 0.3) is 5.89 Å². The van der Waals surface area contributed by atoms with Crippen LogP contribution in [0, 0.1) is 0 Å². The molecule has 1 aliphatic rings. The summed E-state index contributed by atoms with van der Waals surface area (Å²) < 4.78 is 10.9. The molecule has 100 valence electrons. The molecular weight excluding hydrogens is 268 g/mol. The molecule has 2 atom stereocenters. The van der Waals surface area contributed by atoms with Crippen molar-refractivity contribution < 1.29 is 9.26 Å². The highest BCUT2D eigenvalue weighted by Gasteiger charge is 2.30. The first-order chi connectivity index (χ1) is 9.26. The summed E-state index contributed by atoms with van der Waals surface area (Å²) in [6, 6.07) is 3.48. The molecular formula is C12H13ClN4O2. The zero-order valence-electron chi connectivity index (χ0n) is 10.1. The van der Waals surface area contributed by atoms with Gasteiger partial charge in [-0.05, 0) is 25.0 Å². The van der Waals surface area contributed by atoms with Crippen LogP contribution in [0.2, 0.25) is 5.02 Å². The normalized spacial score (nSPS) is 22.8. The van der Waals surface area contributed by atoms with E-state index in [-0.39, 0.29) is 12.2 Å². The van der Waals surface area contributed by atoms with Crippen molar-refractivity contribution in [3.63, 3.8) is 0 Å². The zero-order valence-corrected chi connectivity index (χ0v) is 10.9. The Bertz CT molecular complexity index is 557. The fourth-order valence-electron chi connectivity index (χ4n) is 2.04. The van der Waals surface area contributed by atoms with E-state index in [4.69, 9.17) is 26.6 Å². The molecule has 1 aliphatic heterocycles. The minimum absolute atomic E-state index is 0.0778. The first kappa shape index (κ1) is 12.5. The van der Waals surface area contributed by atoms with Crippen molar-refractivity contribution in [3.05, 3.63) is 29.2 Å². The van der Waals surface area contributed by atoms with Crippen molar-refractivity contribution in [1.29, 1.82) is 0 Å². The quantitative estimate of drug-likeness (QED) is 0.925. The summed E-state index contributed by atoms with van der Waals surface area (Å²) in [5.74, 6) is 0.911. The molecule has 0 radical (unpaired) electrons. The summed E-state index contributed by atoms with van der Waals surface area (Å²) in [6.07, 6.45) is 3.22. The van der Waals surface area contributed by atoms with Crippen LogP contribution in [-0.2, 0) is 4.74 Å². The second-order valence-corrected chi connectivity index (χ2v) is 4.81. The van der Waals surface area contributed by atoms with E-state index in [2.05, 4.69) is 15.1 Å². The van der Waals surface area contributed by atoms with Gasteiger partial charge in [-0.25, -0.2) is 0 Å². The number of hydrogen-bond donors (Lipinski definition) is 1. The van der Waals surface area contributed by atoms with E-state index in [1.807, 2.05) is 0 Å². The molecule has 7 heteroatoms. The van der Waals surface area contributed by atoms with Crippen LogP contribution in [0.15, 0.2) is 22.9 Å². The van der Waals surface area contributed by atoms with Gasteiger partial charge in [-0.15, -0.1) is 0 Å². The van der Waals surface area contributed by atoms with E-state index in [1.165, 1.54) is 0 Å². The molecule has 6 nitrogen and oxygen atoms in total. The SMILES string of the molecule is NCC1CCC(c2nc(-c3ccc(Cl)cn3)no2)O1. The molecule has 2 N–H and O–H groups in total. The molecule has 2 aromatic rings. The summed E-state index contributed by atoms with van der Waals surface area (Å²) in [5.41, 5.74) is 6.19. The molecule has 0 spiro atoms. The minimum atomic E-state index is -0.165. The monoisotopic (exact) mass is 280 g/mol. The molecule has 1 fully saturated rings. The second kappa shape index (κ2) is 5.24. The molecule has 0 aliphatic carbocycles. The van der Waals surface area contributed by atoms with Gasteiger partial charge < -0.3 is 15.0 Å². The first-order valence-corrected chi connectivity index (χ1v) is 6.45. The van der Waals surface area contributed by atoms with Crippen molar-refractivity contribution in [3.8, 4) is 11.5 Å². The van der Waals surface area contributed by atoms with Crippen LogP contribution < -0.4 is 5.73 Å². The second-order valence-electron chi connectivity index (χ2n) is 4.38. The third-order valence-electron chi connectivity index (χ3n) is 3.04. The molecule has 0 aromatic carbocycles. The summed E-state index contributed by atoms with van der Waals surface area (Å²) in [7, 11) is 0. The highest BCUT2D eigenvalue weighted by molar-refractivity contribution is 6.30. The lowest BCUT2D eigenvalue weighted by Gasteiger charge is -2.07. The molecule has 0 bridgehead atoms. The Labute approximate surface area is 114 Å². The summed E-state index contributed by atoms with van der Waals surface area (Å²) in [5, 5.41) is 4.48. The molecule has 3 heterocycles. The van der Waals surface area contributed by atoms with Crippen molar-refractivity contribution in [2.75, 3.05) is 6.54 Å². The predicted molar refractivity (Wildman–Crippen MR) is 68.4 cm³/mol. The van der Waals surface area contributed by atoms with E-state index in [9.17, 15) is 0 Å². The van der Waals surface area contributed by atoms with Crippen LogP contribution >= 0.6 is 11.6 Å². The Morgan fingerprint density at radius 3 is 2.95 bits per heavy atom. The van der Waals surface area contributed by atoms with Gasteiger partial charge in [0.2, 0.25) is 5.82 Å². The maximum Gasteiger partial charge on any atom is 0.256 e. The van der Waals surface area contributed by atoms with Gasteiger partial charge in [0.05, 0.1) is 11.1 Å². The van der Waals surface area contributed by atoms with Crippen molar-refractivity contribution >= 4 is 11.6 Å². The topological polar surface area (TPSA) is 87.1 Å². The fourth-order valence-corrected chi connectivity index (χ4v) is 2.15. The van der Waals surface area contributed by atoms with Crippen LogP contribution in [0.1, 0.15) is 24.8 Å². The lowest BCUT2D eigenvalue weighted by molar-refractivity contribution is 0.0307. The lowest BCUT2D eigenvalue weighted by Crippen LogP contribution is -2.18. The third-order valence-corrected chi connectivity index (χ3v) is 3.27. The molecule has 19 heavy (non-hydrogen) atoms. The smallest absolute Gasteiger partial charge is 0.256 e. The highest BCUT2D eigenvalue weighted by atomic mass is 35.5. The number of aromatic nitrogens is 3. The van der Waals surface area contributed by atoms with Crippen LogP contribution in [0.5, 0.6) is 0 Å². The third kappa shape index (κ3) is 2.60. The number of ether oxygens (including phenoxy) is 1. The molecule has 0 saturated carbocycles. The van der Waals surface area contributed by atoms with E-state index in [0.717, 1.165) is 12.8 Å². The molecule has 2 unspecified atom stereocenters. The van der Waals surface area contributed by atoms with Crippen molar-refractivity contribution in [1.82, 2.24) is 15.1 Å². The Morgan fingerprint density at radius 2 is 2.26 bits per heavy atom. The minimum Gasteiger partial charge on any atom is -0.364 e. The van der Waals surface area contributed by atoms with Crippen LogP contribution in [0.3, 0.4) is 0 Å². The van der Waals surface area contributed by atoms with E-state index in [0.29, 0.717) is 29.0 Å². The van der Waals surface area contributed by atoms with Gasteiger partial charge in [0.15, 0.2) is 0 Å². The van der Waals surface area contributed by atoms with Gasteiger partial charge in [-0.1, -0.05) is 16.8 Å². The molecule has 0 amide bonds. The Balaban J connectivity index is 1.78. The Hall–Kier alpha value is -1.50. The number of nitrogens with two attached hydrogens (primary N) is 1. The largest absolute Gasteiger partial charge is 0.364 e. The van der Waals surface area contributed by atoms with Gasteiger partial charge in [-0.3, -0.25) is 4.98 Å². The Kier molecular flexibility index (Phi) is 3.46. The highest BCUT2D eigenvalue weighted by Crippen LogP contribution is 2.32. The fraction of sp³-hybridized carbons (Fsp3) is 0.417. The molecule has 1 saturated heterocycles. The summed E-state index contributed by atoms with van der Waals surface area (Å²) in [4.78, 5) is 8.45. The summed E-state index contributed by atoms with van der Waals surface area (Å²) in [6.45, 7) is 0.510. The van der Waals surface area contributed by atoms with E-state index < -0.39 is 0 Å². The maximum atomic E-state index is 5.78. The standard InChI is InChI=1S/C12H13ClN4O2/c13-7-1-3-9(15-6-7)11-16-12(19-17-11)10-4-2-8(5-14)18-10/h1,3,6,8,10H,2,4-5,14H2. The Morgan fingerprint density at radius 1 is 1.37 bits per heavy atom. The maximum absolute atomic E-state index is 5.78. The van der Waals surface area contributed by atoms with Gasteiger partial charge in [0.1, 0.15) is 11.8 Å². The molecule has 2 aromatic heterocycles. The summed E-state index contributed by atoms with van der Waals surface area (Å²) >= 11 is 5.78. The van der Waals surface area contributed by atoms with Crippen molar-refractivity contribution in [2.45, 2.75) is 25.0 Å². The first-order valence-electron chi connectivity index (χ1n) is 6.07. The van der Waals surface area contributed by atoms with Gasteiger partial charge in [0, 0.05) is 12.7 Å². The number of pyridine rings is 1. The number of rotatable bonds is 3. The van der Waals surface area contributed by atoms with Crippen LogP contribution in [-0.4, -0.2) is 27.8 Å². The average Bonchev–Trinajstić information content (AvgIpc) is 3.08. The predicted octanol–water partition coefficient (Wildman–Crippen LogP) is 1.96. The van der Waals surface area contributed by atoms with Gasteiger partial charge >= 0.3 is 0 Å². The van der Waals surface area contributed by atoms with E-state index in [1.54, 1.807) is 18.3 Å². The van der Waals surface area contributed by atoms with Crippen molar-refractivity contribution in [2.24, 2.45) is 5.73 Å².